The largest absolute Gasteiger partial charge is 0.504 e. The number of ether oxygens (including phenoxy) is 1. The van der Waals surface area contributed by atoms with Crippen LogP contribution in [0.4, 0.5) is 5.69 Å². The van der Waals surface area contributed by atoms with Crippen molar-refractivity contribution in [2.24, 2.45) is 0 Å². The molecule has 0 aliphatic carbocycles. The number of nitrogens with one attached hydrogen (secondary N) is 1. The van der Waals surface area contributed by atoms with E-state index in [1.54, 1.807) is 36.4 Å². The molecule has 0 unspecified atom stereocenters. The number of benzene rings is 2. The zero-order valence-electron chi connectivity index (χ0n) is 12.0. The molecular weight excluding hydrogens is 282 g/mol. The summed E-state index contributed by atoms with van der Waals surface area (Å²) in [6.07, 6.45) is 1.55. The Morgan fingerprint density at radius 2 is 2.05 bits per heavy atom. The summed E-state index contributed by atoms with van der Waals surface area (Å²) in [5, 5.41) is 22.2. The third kappa shape index (κ3) is 2.37. The van der Waals surface area contributed by atoms with Crippen molar-refractivity contribution in [2.45, 2.75) is 6.92 Å². The van der Waals surface area contributed by atoms with Gasteiger partial charge in [-0.1, -0.05) is 12.1 Å². The number of fused-ring (bicyclic) bond motifs is 1. The predicted molar refractivity (Wildman–Crippen MR) is 83.9 cm³/mol. The van der Waals surface area contributed by atoms with Gasteiger partial charge in [-0.05, 0) is 31.2 Å². The summed E-state index contributed by atoms with van der Waals surface area (Å²) in [5.74, 6) is -0.0451. The highest BCUT2D eigenvalue weighted by Gasteiger charge is 2.25. The molecule has 22 heavy (non-hydrogen) atoms. The van der Waals surface area contributed by atoms with E-state index >= 15 is 0 Å². The maximum absolute atomic E-state index is 12.1. The Hall–Kier alpha value is -2.95. The Morgan fingerprint density at radius 3 is 2.82 bits per heavy atom. The number of phenols is 2. The van der Waals surface area contributed by atoms with Crippen molar-refractivity contribution in [3.05, 3.63) is 47.5 Å². The predicted octanol–water partition coefficient (Wildman–Crippen LogP) is 2.99. The molecule has 0 saturated heterocycles. The smallest absolute Gasteiger partial charge is 0.256 e. The molecule has 2 aromatic rings. The summed E-state index contributed by atoms with van der Waals surface area (Å²) in [7, 11) is 0. The standard InChI is InChI=1S/C17H15NO4/c1-2-22-11-6-7-12-13(17(21)18-14(12)9-11)8-10-4-3-5-15(19)16(10)20/h3-9,19-20H,2H2,1H3,(H,18,21). The number of hydrogen-bond donors (Lipinski definition) is 3. The lowest BCUT2D eigenvalue weighted by Crippen LogP contribution is -2.03. The number of amides is 1. The Kier molecular flexibility index (Phi) is 3.47. The van der Waals surface area contributed by atoms with Crippen molar-refractivity contribution >= 4 is 23.2 Å². The average molecular weight is 297 g/mol. The average Bonchev–Trinajstić information content (AvgIpc) is 2.79. The van der Waals surface area contributed by atoms with Crippen LogP contribution in [0.2, 0.25) is 0 Å². The van der Waals surface area contributed by atoms with Gasteiger partial charge >= 0.3 is 0 Å². The topological polar surface area (TPSA) is 78.8 Å². The molecule has 0 spiro atoms. The number of aromatic hydroxyl groups is 2. The number of phenolic OH excluding ortho intramolecular Hbond substituents is 2. The van der Waals surface area contributed by atoms with Crippen LogP contribution in [0.25, 0.3) is 11.6 Å². The van der Waals surface area contributed by atoms with Crippen LogP contribution in [0, 0.1) is 0 Å². The van der Waals surface area contributed by atoms with Gasteiger partial charge in [0.2, 0.25) is 0 Å². The van der Waals surface area contributed by atoms with Crippen molar-refractivity contribution < 1.29 is 19.7 Å². The maximum atomic E-state index is 12.1. The fourth-order valence-corrected chi connectivity index (χ4v) is 2.39. The van der Waals surface area contributed by atoms with Gasteiger partial charge in [-0.25, -0.2) is 0 Å². The van der Waals surface area contributed by atoms with Crippen molar-refractivity contribution in [3.63, 3.8) is 0 Å². The van der Waals surface area contributed by atoms with Gasteiger partial charge in [0.15, 0.2) is 11.5 Å². The van der Waals surface area contributed by atoms with Crippen LogP contribution >= 0.6 is 0 Å². The summed E-state index contributed by atoms with van der Waals surface area (Å²) >= 11 is 0. The fraction of sp³-hybridized carbons (Fsp3) is 0.118. The Balaban J connectivity index is 2.05. The lowest BCUT2D eigenvalue weighted by Gasteiger charge is -2.05. The van der Waals surface area contributed by atoms with E-state index < -0.39 is 0 Å². The first-order valence-electron chi connectivity index (χ1n) is 6.91. The van der Waals surface area contributed by atoms with Gasteiger partial charge in [0.1, 0.15) is 5.75 Å². The quantitative estimate of drug-likeness (QED) is 0.601. The van der Waals surface area contributed by atoms with E-state index in [0.717, 1.165) is 5.56 Å². The molecule has 3 rings (SSSR count). The van der Waals surface area contributed by atoms with Gasteiger partial charge < -0.3 is 20.3 Å². The molecule has 0 radical (unpaired) electrons. The molecule has 1 aliphatic heterocycles. The monoisotopic (exact) mass is 297 g/mol. The van der Waals surface area contributed by atoms with Gasteiger partial charge in [-0.3, -0.25) is 4.79 Å². The van der Waals surface area contributed by atoms with E-state index in [4.69, 9.17) is 4.74 Å². The second-order valence-corrected chi connectivity index (χ2v) is 4.87. The highest BCUT2D eigenvalue weighted by atomic mass is 16.5. The molecule has 1 amide bonds. The van der Waals surface area contributed by atoms with Crippen LogP contribution in [0.5, 0.6) is 17.2 Å². The molecular formula is C17H15NO4. The molecule has 1 heterocycles. The van der Waals surface area contributed by atoms with Crippen LogP contribution in [0.15, 0.2) is 36.4 Å². The van der Waals surface area contributed by atoms with Crippen LogP contribution < -0.4 is 10.1 Å². The third-order valence-corrected chi connectivity index (χ3v) is 3.43. The zero-order valence-corrected chi connectivity index (χ0v) is 12.0. The van der Waals surface area contributed by atoms with Crippen molar-refractivity contribution in [2.75, 3.05) is 11.9 Å². The second kappa shape index (κ2) is 5.44. The number of hydrogen-bond acceptors (Lipinski definition) is 4. The first-order chi connectivity index (χ1) is 10.6. The number of carbonyl (C=O) groups is 1. The molecule has 0 aromatic heterocycles. The molecule has 2 aromatic carbocycles. The molecule has 5 heteroatoms. The Bertz CT molecular complexity index is 780. The number of anilines is 1. The maximum Gasteiger partial charge on any atom is 0.256 e. The normalized spacial score (nSPS) is 14.8. The van der Waals surface area contributed by atoms with Gasteiger partial charge in [-0.15, -0.1) is 0 Å². The molecule has 0 atom stereocenters. The number of para-hydroxylation sites is 1. The van der Waals surface area contributed by atoms with Crippen molar-refractivity contribution in [3.8, 4) is 17.2 Å². The minimum absolute atomic E-state index is 0.223. The van der Waals surface area contributed by atoms with E-state index in [2.05, 4.69) is 5.32 Å². The van der Waals surface area contributed by atoms with E-state index in [1.807, 2.05) is 6.92 Å². The van der Waals surface area contributed by atoms with E-state index in [9.17, 15) is 15.0 Å². The van der Waals surface area contributed by atoms with Gasteiger partial charge in [-0.2, -0.15) is 0 Å². The molecule has 112 valence electrons. The van der Waals surface area contributed by atoms with Crippen LogP contribution in [0.3, 0.4) is 0 Å². The minimum Gasteiger partial charge on any atom is -0.504 e. The first-order valence-corrected chi connectivity index (χ1v) is 6.91. The molecule has 1 aliphatic rings. The zero-order chi connectivity index (χ0) is 15.7. The third-order valence-electron chi connectivity index (χ3n) is 3.43. The van der Waals surface area contributed by atoms with Crippen LogP contribution in [-0.2, 0) is 4.79 Å². The number of carbonyl (C=O) groups excluding carboxylic acids is 1. The van der Waals surface area contributed by atoms with E-state index in [1.165, 1.54) is 6.07 Å². The SMILES string of the molecule is CCOc1ccc2c(c1)NC(=O)C2=Cc1cccc(O)c1O. The van der Waals surface area contributed by atoms with Crippen LogP contribution in [0.1, 0.15) is 18.1 Å². The summed E-state index contributed by atoms with van der Waals surface area (Å²) in [4.78, 5) is 12.1. The summed E-state index contributed by atoms with van der Waals surface area (Å²) in [6, 6.07) is 9.96. The van der Waals surface area contributed by atoms with Gasteiger partial charge in [0, 0.05) is 22.8 Å². The van der Waals surface area contributed by atoms with Crippen molar-refractivity contribution in [1.29, 1.82) is 0 Å². The molecule has 3 N–H and O–H groups in total. The second-order valence-electron chi connectivity index (χ2n) is 4.87. The molecule has 0 saturated carbocycles. The molecule has 0 bridgehead atoms. The molecule has 0 fully saturated rings. The summed E-state index contributed by atoms with van der Waals surface area (Å²) in [5.41, 5.74) is 2.21. The van der Waals surface area contributed by atoms with Gasteiger partial charge in [0.05, 0.1) is 12.3 Å². The highest BCUT2D eigenvalue weighted by molar-refractivity contribution is 6.35. The Morgan fingerprint density at radius 1 is 1.23 bits per heavy atom. The summed E-state index contributed by atoms with van der Waals surface area (Å²) < 4.78 is 5.41. The van der Waals surface area contributed by atoms with E-state index in [0.29, 0.717) is 29.2 Å². The number of rotatable bonds is 3. The Labute approximate surface area is 127 Å². The lowest BCUT2D eigenvalue weighted by atomic mass is 10.0. The minimum atomic E-state index is -0.258. The highest BCUT2D eigenvalue weighted by Crippen LogP contribution is 2.38. The first kappa shape index (κ1) is 14.0. The van der Waals surface area contributed by atoms with Crippen molar-refractivity contribution in [1.82, 2.24) is 0 Å². The lowest BCUT2D eigenvalue weighted by molar-refractivity contribution is -0.110. The fourth-order valence-electron chi connectivity index (χ4n) is 2.39. The summed E-state index contributed by atoms with van der Waals surface area (Å²) in [6.45, 7) is 2.44. The molecule has 5 nitrogen and oxygen atoms in total. The van der Waals surface area contributed by atoms with Gasteiger partial charge in [0.25, 0.3) is 5.91 Å². The van der Waals surface area contributed by atoms with Crippen LogP contribution in [-0.4, -0.2) is 22.7 Å². The van der Waals surface area contributed by atoms with E-state index in [-0.39, 0.29) is 17.4 Å².